The van der Waals surface area contributed by atoms with Crippen LogP contribution in [0, 0.1) is 11.8 Å². The Morgan fingerprint density at radius 3 is 1.91 bits per heavy atom. The van der Waals surface area contributed by atoms with E-state index in [1.807, 2.05) is 7.05 Å². The molecular formula is C10H19N. The third-order valence-electron chi connectivity index (χ3n) is 2.64. The Bertz CT molecular complexity index is 135. The van der Waals surface area contributed by atoms with Crippen molar-refractivity contribution >= 4 is 5.71 Å². The van der Waals surface area contributed by atoms with Crippen molar-refractivity contribution in [2.45, 2.75) is 39.5 Å². The third kappa shape index (κ3) is 2.64. The molecule has 1 rings (SSSR count). The predicted molar refractivity (Wildman–Crippen MR) is 50.2 cm³/mol. The van der Waals surface area contributed by atoms with E-state index in [1.54, 1.807) is 0 Å². The fraction of sp³-hybridized carbons (Fsp3) is 0.900. The number of nitrogens with zero attached hydrogens (tertiary/aromatic N) is 1. The van der Waals surface area contributed by atoms with Crippen molar-refractivity contribution in [2.75, 3.05) is 7.05 Å². The van der Waals surface area contributed by atoms with E-state index in [9.17, 15) is 0 Å². The van der Waals surface area contributed by atoms with Crippen molar-refractivity contribution in [1.29, 1.82) is 0 Å². The third-order valence-corrected chi connectivity index (χ3v) is 2.64. The molecule has 0 spiro atoms. The van der Waals surface area contributed by atoms with E-state index in [-0.39, 0.29) is 0 Å². The first-order valence-corrected chi connectivity index (χ1v) is 4.67. The second-order valence-electron chi connectivity index (χ2n) is 3.99. The topological polar surface area (TPSA) is 12.4 Å². The molecule has 0 aromatic carbocycles. The van der Waals surface area contributed by atoms with Crippen LogP contribution in [0.3, 0.4) is 0 Å². The molecule has 1 heteroatoms. The predicted octanol–water partition coefficient (Wildman–Crippen LogP) is 2.90. The van der Waals surface area contributed by atoms with Crippen LogP contribution in [-0.4, -0.2) is 12.8 Å². The van der Waals surface area contributed by atoms with Gasteiger partial charge in [0.1, 0.15) is 0 Å². The highest BCUT2D eigenvalue weighted by atomic mass is 14.7. The van der Waals surface area contributed by atoms with E-state index in [0.717, 1.165) is 11.8 Å². The molecular weight excluding hydrogens is 134 g/mol. The maximum Gasteiger partial charge on any atom is 0.0276 e. The molecule has 0 aromatic heterocycles. The summed E-state index contributed by atoms with van der Waals surface area (Å²) in [4.78, 5) is 4.32. The zero-order valence-corrected chi connectivity index (χ0v) is 7.93. The van der Waals surface area contributed by atoms with Crippen LogP contribution < -0.4 is 0 Å². The van der Waals surface area contributed by atoms with E-state index in [2.05, 4.69) is 18.8 Å². The Kier molecular flexibility index (Phi) is 3.10. The summed E-state index contributed by atoms with van der Waals surface area (Å²) in [5.41, 5.74) is 1.43. The Morgan fingerprint density at radius 1 is 1.09 bits per heavy atom. The van der Waals surface area contributed by atoms with Crippen molar-refractivity contribution in [1.82, 2.24) is 0 Å². The molecule has 0 aromatic rings. The lowest BCUT2D eigenvalue weighted by atomic mass is 10.0. The summed E-state index contributed by atoms with van der Waals surface area (Å²) in [5.74, 6) is 1.72. The molecule has 1 aliphatic rings. The van der Waals surface area contributed by atoms with Gasteiger partial charge in [-0.15, -0.1) is 0 Å². The lowest BCUT2D eigenvalue weighted by Crippen LogP contribution is -2.03. The zero-order valence-electron chi connectivity index (χ0n) is 7.93. The van der Waals surface area contributed by atoms with Crippen molar-refractivity contribution in [3.05, 3.63) is 0 Å². The molecule has 0 radical (unpaired) electrons. The lowest BCUT2D eigenvalue weighted by Gasteiger charge is -2.05. The fourth-order valence-electron chi connectivity index (χ4n) is 1.84. The molecule has 0 N–H and O–H groups in total. The number of aliphatic imine (C=N–C) groups is 1. The summed E-state index contributed by atoms with van der Waals surface area (Å²) in [7, 11) is 1.93. The monoisotopic (exact) mass is 153 g/mol. The quantitative estimate of drug-likeness (QED) is 0.474. The van der Waals surface area contributed by atoms with Crippen molar-refractivity contribution < 1.29 is 0 Å². The van der Waals surface area contributed by atoms with Gasteiger partial charge in [0, 0.05) is 12.8 Å². The fourth-order valence-corrected chi connectivity index (χ4v) is 1.84. The number of hydrogen-bond donors (Lipinski definition) is 0. The first kappa shape index (κ1) is 8.76. The van der Waals surface area contributed by atoms with E-state index < -0.39 is 0 Å². The Hall–Kier alpha value is -0.330. The van der Waals surface area contributed by atoms with Gasteiger partial charge >= 0.3 is 0 Å². The van der Waals surface area contributed by atoms with Crippen LogP contribution in [0.2, 0.25) is 0 Å². The molecule has 1 fully saturated rings. The minimum Gasteiger partial charge on any atom is -0.297 e. The number of rotatable bonds is 0. The molecule has 1 aliphatic carbocycles. The zero-order chi connectivity index (χ0) is 8.27. The van der Waals surface area contributed by atoms with E-state index in [1.165, 1.54) is 31.4 Å². The Balaban J connectivity index is 2.55. The van der Waals surface area contributed by atoms with Crippen LogP contribution in [0.1, 0.15) is 39.5 Å². The second kappa shape index (κ2) is 3.89. The van der Waals surface area contributed by atoms with Crippen molar-refractivity contribution in [2.24, 2.45) is 16.8 Å². The van der Waals surface area contributed by atoms with Gasteiger partial charge in [0.15, 0.2) is 0 Å². The maximum atomic E-state index is 4.32. The highest BCUT2D eigenvalue weighted by molar-refractivity contribution is 5.84. The van der Waals surface area contributed by atoms with Crippen LogP contribution in [0.15, 0.2) is 4.99 Å². The van der Waals surface area contributed by atoms with E-state index in [4.69, 9.17) is 0 Å². The summed E-state index contributed by atoms with van der Waals surface area (Å²) < 4.78 is 0. The Morgan fingerprint density at radius 2 is 1.55 bits per heavy atom. The van der Waals surface area contributed by atoms with Gasteiger partial charge in [-0.3, -0.25) is 4.99 Å². The lowest BCUT2D eigenvalue weighted by molar-refractivity contribution is 0.476. The maximum absolute atomic E-state index is 4.32. The summed E-state index contributed by atoms with van der Waals surface area (Å²) in [6.45, 7) is 4.67. The molecule has 2 unspecified atom stereocenters. The molecule has 1 nitrogen and oxygen atoms in total. The molecule has 0 aliphatic heterocycles. The van der Waals surface area contributed by atoms with E-state index in [0.29, 0.717) is 0 Å². The summed E-state index contributed by atoms with van der Waals surface area (Å²) in [6.07, 6.45) is 5.25. The minimum atomic E-state index is 0.860. The molecule has 2 atom stereocenters. The first-order chi connectivity index (χ1) is 5.22. The van der Waals surface area contributed by atoms with Gasteiger partial charge in [-0.25, -0.2) is 0 Å². The van der Waals surface area contributed by atoms with Gasteiger partial charge in [0.2, 0.25) is 0 Å². The smallest absolute Gasteiger partial charge is 0.0276 e. The van der Waals surface area contributed by atoms with Crippen LogP contribution in [-0.2, 0) is 0 Å². The summed E-state index contributed by atoms with van der Waals surface area (Å²) in [6, 6.07) is 0. The molecule has 0 bridgehead atoms. The second-order valence-corrected chi connectivity index (χ2v) is 3.99. The normalized spacial score (nSPS) is 33.2. The molecule has 0 amide bonds. The molecule has 0 heterocycles. The molecule has 64 valence electrons. The highest BCUT2D eigenvalue weighted by Crippen LogP contribution is 2.24. The highest BCUT2D eigenvalue weighted by Gasteiger charge is 2.16. The van der Waals surface area contributed by atoms with Crippen LogP contribution >= 0.6 is 0 Å². The van der Waals surface area contributed by atoms with Crippen molar-refractivity contribution in [3.63, 3.8) is 0 Å². The number of hydrogen-bond acceptors (Lipinski definition) is 1. The SMILES string of the molecule is CN=C1CC(C)CCC(C)C1. The van der Waals surface area contributed by atoms with Crippen LogP contribution in [0.25, 0.3) is 0 Å². The Labute approximate surface area is 69.9 Å². The summed E-state index contributed by atoms with van der Waals surface area (Å²) >= 11 is 0. The summed E-state index contributed by atoms with van der Waals surface area (Å²) in [5, 5.41) is 0. The van der Waals surface area contributed by atoms with Gasteiger partial charge in [-0.05, 0) is 24.7 Å². The average molecular weight is 153 g/mol. The largest absolute Gasteiger partial charge is 0.297 e. The van der Waals surface area contributed by atoms with Crippen LogP contribution in [0.5, 0.6) is 0 Å². The molecule has 1 saturated carbocycles. The van der Waals surface area contributed by atoms with Gasteiger partial charge in [0.05, 0.1) is 0 Å². The standard InChI is InChI=1S/C10H19N/c1-8-4-5-9(2)7-10(6-8)11-3/h8-9H,4-7H2,1-3H3. The minimum absolute atomic E-state index is 0.860. The van der Waals surface area contributed by atoms with Gasteiger partial charge in [-0.2, -0.15) is 0 Å². The average Bonchev–Trinajstić information content (AvgIpc) is 2.13. The molecule has 0 saturated heterocycles. The first-order valence-electron chi connectivity index (χ1n) is 4.67. The molecule has 11 heavy (non-hydrogen) atoms. The van der Waals surface area contributed by atoms with Gasteiger partial charge in [-0.1, -0.05) is 26.7 Å². The van der Waals surface area contributed by atoms with Gasteiger partial charge in [0.25, 0.3) is 0 Å². The van der Waals surface area contributed by atoms with Gasteiger partial charge < -0.3 is 0 Å². The van der Waals surface area contributed by atoms with E-state index >= 15 is 0 Å². The van der Waals surface area contributed by atoms with Crippen LogP contribution in [0.4, 0.5) is 0 Å². The van der Waals surface area contributed by atoms with Crippen molar-refractivity contribution in [3.8, 4) is 0 Å².